The lowest BCUT2D eigenvalue weighted by molar-refractivity contribution is -0.141. The zero-order chi connectivity index (χ0) is 15.5. The van der Waals surface area contributed by atoms with E-state index in [4.69, 9.17) is 10.00 Å². The molecule has 0 aliphatic heterocycles. The Morgan fingerprint density at radius 1 is 1.14 bits per heavy atom. The molecule has 1 aromatic carbocycles. The molecule has 0 N–H and O–H groups in total. The smallest absolute Gasteiger partial charge is 0.433 e. The second-order valence-electron chi connectivity index (χ2n) is 3.94. The van der Waals surface area contributed by atoms with Gasteiger partial charge in [-0.25, -0.2) is 4.98 Å². The first-order valence-electron chi connectivity index (χ1n) is 5.74. The predicted octanol–water partition coefficient (Wildman–Crippen LogP) is 4.13. The number of benzene rings is 1. The van der Waals surface area contributed by atoms with Crippen LogP contribution in [0.4, 0.5) is 13.2 Å². The summed E-state index contributed by atoms with van der Waals surface area (Å²) in [4.78, 5) is 4.20. The minimum Gasteiger partial charge on any atom is -0.497 e. The lowest BCUT2D eigenvalue weighted by Crippen LogP contribution is -2.08. The van der Waals surface area contributed by atoms with E-state index in [-0.39, 0.29) is 10.6 Å². The molecule has 2 aromatic rings. The maximum Gasteiger partial charge on any atom is 0.433 e. The van der Waals surface area contributed by atoms with Gasteiger partial charge in [0.2, 0.25) is 0 Å². The molecule has 1 heterocycles. The number of pyridine rings is 1. The molecule has 0 unspecified atom stereocenters. The van der Waals surface area contributed by atoms with Gasteiger partial charge in [-0.05, 0) is 36.4 Å². The highest BCUT2D eigenvalue weighted by atomic mass is 32.2. The Morgan fingerprint density at radius 2 is 1.81 bits per heavy atom. The fraction of sp³-hybridized carbons (Fsp3) is 0.143. The largest absolute Gasteiger partial charge is 0.497 e. The van der Waals surface area contributed by atoms with E-state index < -0.39 is 11.9 Å². The van der Waals surface area contributed by atoms with Crippen LogP contribution < -0.4 is 4.74 Å². The number of alkyl halides is 3. The number of methoxy groups -OCH3 is 1. The number of ether oxygens (including phenoxy) is 1. The molecular formula is C14H9F3N2OS. The highest BCUT2D eigenvalue weighted by Crippen LogP contribution is 2.34. The highest BCUT2D eigenvalue weighted by molar-refractivity contribution is 7.99. The van der Waals surface area contributed by atoms with Crippen LogP contribution in [-0.2, 0) is 6.18 Å². The summed E-state index contributed by atoms with van der Waals surface area (Å²) in [5.74, 6) is 0.636. The zero-order valence-electron chi connectivity index (χ0n) is 10.8. The Bertz CT molecular complexity index is 678. The number of hydrogen-bond acceptors (Lipinski definition) is 4. The quantitative estimate of drug-likeness (QED) is 0.855. The van der Waals surface area contributed by atoms with Crippen molar-refractivity contribution in [3.63, 3.8) is 0 Å². The molecule has 0 saturated carbocycles. The third kappa shape index (κ3) is 3.67. The summed E-state index contributed by atoms with van der Waals surface area (Å²) < 4.78 is 43.0. The first-order valence-corrected chi connectivity index (χ1v) is 6.56. The van der Waals surface area contributed by atoms with E-state index in [0.717, 1.165) is 23.9 Å². The number of rotatable bonds is 3. The van der Waals surface area contributed by atoms with Crippen LogP contribution in [0.2, 0.25) is 0 Å². The summed E-state index contributed by atoms with van der Waals surface area (Å²) >= 11 is 0.999. The molecule has 108 valence electrons. The summed E-state index contributed by atoms with van der Waals surface area (Å²) in [6, 6.07) is 10.5. The molecule has 2 rings (SSSR count). The number of nitriles is 1. The van der Waals surface area contributed by atoms with Crippen LogP contribution in [0, 0.1) is 11.3 Å². The number of halogens is 3. The normalized spacial score (nSPS) is 11.0. The molecule has 0 aliphatic rings. The van der Waals surface area contributed by atoms with Gasteiger partial charge in [0.25, 0.3) is 0 Å². The van der Waals surface area contributed by atoms with E-state index in [0.29, 0.717) is 10.6 Å². The Balaban J connectivity index is 2.35. The van der Waals surface area contributed by atoms with Crippen molar-refractivity contribution in [3.8, 4) is 11.8 Å². The monoisotopic (exact) mass is 310 g/mol. The fourth-order valence-corrected chi connectivity index (χ4v) is 2.38. The van der Waals surface area contributed by atoms with Gasteiger partial charge < -0.3 is 4.74 Å². The lowest BCUT2D eigenvalue weighted by Gasteiger charge is -2.09. The number of aromatic nitrogens is 1. The Labute approximate surface area is 123 Å². The van der Waals surface area contributed by atoms with Crippen molar-refractivity contribution in [2.75, 3.05) is 7.11 Å². The van der Waals surface area contributed by atoms with Crippen molar-refractivity contribution in [2.24, 2.45) is 0 Å². The molecule has 0 atom stereocenters. The van der Waals surface area contributed by atoms with Crippen molar-refractivity contribution >= 4 is 11.8 Å². The standard InChI is InChI=1S/C14H9F3N2OS/c1-20-10-3-5-11(6-4-10)21-13-9(8-18)2-7-12(19-13)14(15,16)17/h2-7H,1H3. The van der Waals surface area contributed by atoms with Crippen molar-refractivity contribution in [1.29, 1.82) is 5.26 Å². The van der Waals surface area contributed by atoms with E-state index in [9.17, 15) is 13.2 Å². The highest BCUT2D eigenvalue weighted by Gasteiger charge is 2.33. The lowest BCUT2D eigenvalue weighted by atomic mass is 10.2. The first-order chi connectivity index (χ1) is 9.94. The average Bonchev–Trinajstić information content (AvgIpc) is 2.47. The van der Waals surface area contributed by atoms with Crippen LogP contribution in [-0.4, -0.2) is 12.1 Å². The summed E-state index contributed by atoms with van der Waals surface area (Å²) in [5, 5.41) is 8.99. The fourth-order valence-electron chi connectivity index (χ4n) is 1.52. The summed E-state index contributed by atoms with van der Waals surface area (Å²) in [5.41, 5.74) is -0.915. The maximum atomic E-state index is 12.7. The van der Waals surface area contributed by atoms with Crippen molar-refractivity contribution in [2.45, 2.75) is 16.1 Å². The van der Waals surface area contributed by atoms with E-state index in [2.05, 4.69) is 4.98 Å². The molecule has 21 heavy (non-hydrogen) atoms. The van der Waals surface area contributed by atoms with Crippen molar-refractivity contribution in [1.82, 2.24) is 4.98 Å². The van der Waals surface area contributed by atoms with Crippen LogP contribution in [0.1, 0.15) is 11.3 Å². The topological polar surface area (TPSA) is 45.9 Å². The molecule has 7 heteroatoms. The Kier molecular flexibility index (Phi) is 4.38. The predicted molar refractivity (Wildman–Crippen MR) is 71.1 cm³/mol. The maximum absolute atomic E-state index is 12.7. The summed E-state index contributed by atoms with van der Waals surface area (Å²) in [6.45, 7) is 0. The first kappa shape index (κ1) is 15.2. The van der Waals surface area contributed by atoms with Crippen LogP contribution in [0.3, 0.4) is 0 Å². The molecule has 0 amide bonds. The van der Waals surface area contributed by atoms with Crippen molar-refractivity contribution in [3.05, 3.63) is 47.7 Å². The van der Waals surface area contributed by atoms with Gasteiger partial charge >= 0.3 is 6.18 Å². The third-order valence-electron chi connectivity index (χ3n) is 2.55. The van der Waals surface area contributed by atoms with E-state index in [1.165, 1.54) is 7.11 Å². The molecule has 0 spiro atoms. The van der Waals surface area contributed by atoms with Gasteiger partial charge in [0.1, 0.15) is 22.5 Å². The Hall–Kier alpha value is -2.20. The SMILES string of the molecule is COc1ccc(Sc2nc(C(F)(F)F)ccc2C#N)cc1. The third-order valence-corrected chi connectivity index (χ3v) is 3.56. The minimum absolute atomic E-state index is 0.0255. The average molecular weight is 310 g/mol. The Morgan fingerprint density at radius 3 is 2.33 bits per heavy atom. The van der Waals surface area contributed by atoms with E-state index in [1.54, 1.807) is 24.3 Å². The van der Waals surface area contributed by atoms with Crippen LogP contribution in [0.15, 0.2) is 46.3 Å². The zero-order valence-corrected chi connectivity index (χ0v) is 11.6. The molecule has 1 aromatic heterocycles. The molecule has 3 nitrogen and oxygen atoms in total. The minimum atomic E-state index is -4.54. The van der Waals surface area contributed by atoms with E-state index >= 15 is 0 Å². The molecule has 0 fully saturated rings. The van der Waals surface area contributed by atoms with E-state index in [1.807, 2.05) is 6.07 Å². The van der Waals surface area contributed by atoms with Gasteiger partial charge in [-0.15, -0.1) is 0 Å². The molecule has 0 saturated heterocycles. The van der Waals surface area contributed by atoms with Crippen LogP contribution in [0.25, 0.3) is 0 Å². The van der Waals surface area contributed by atoms with Crippen LogP contribution >= 0.6 is 11.8 Å². The molecule has 0 radical (unpaired) electrons. The second kappa shape index (κ2) is 6.06. The van der Waals surface area contributed by atoms with Gasteiger partial charge in [0.15, 0.2) is 0 Å². The molecular weight excluding hydrogens is 301 g/mol. The van der Waals surface area contributed by atoms with Crippen LogP contribution in [0.5, 0.6) is 5.75 Å². The van der Waals surface area contributed by atoms with Gasteiger partial charge in [0, 0.05) is 4.90 Å². The number of nitrogens with zero attached hydrogens (tertiary/aromatic N) is 2. The van der Waals surface area contributed by atoms with Gasteiger partial charge in [-0.1, -0.05) is 11.8 Å². The molecule has 0 bridgehead atoms. The van der Waals surface area contributed by atoms with Gasteiger partial charge in [-0.3, -0.25) is 0 Å². The number of hydrogen-bond donors (Lipinski definition) is 0. The summed E-state index contributed by atoms with van der Waals surface area (Å²) in [7, 11) is 1.52. The van der Waals surface area contributed by atoms with Gasteiger partial charge in [-0.2, -0.15) is 18.4 Å². The van der Waals surface area contributed by atoms with Crippen molar-refractivity contribution < 1.29 is 17.9 Å². The summed E-state index contributed by atoms with van der Waals surface area (Å²) in [6.07, 6.45) is -4.54. The molecule has 0 aliphatic carbocycles. The second-order valence-corrected chi connectivity index (χ2v) is 5.00. The van der Waals surface area contributed by atoms with Gasteiger partial charge in [0.05, 0.1) is 12.7 Å².